The van der Waals surface area contributed by atoms with Crippen molar-refractivity contribution in [2.45, 2.75) is 12.6 Å². The molecule has 0 bridgehead atoms. The number of hydrogen-bond donors (Lipinski definition) is 3. The molecule has 0 saturated heterocycles. The fourth-order valence-electron chi connectivity index (χ4n) is 1.56. The molecule has 5 heteroatoms. The van der Waals surface area contributed by atoms with Gasteiger partial charge in [0.1, 0.15) is 0 Å². The van der Waals surface area contributed by atoms with Gasteiger partial charge in [-0.3, -0.25) is 4.57 Å². The summed E-state index contributed by atoms with van der Waals surface area (Å²) in [4.78, 5) is 14.2. The number of aromatic amines is 1. The number of para-hydroxylation sites is 2. The molecule has 2 rings (SSSR count). The van der Waals surface area contributed by atoms with Crippen LogP contribution in [-0.2, 0) is 6.54 Å². The molecule has 1 heterocycles. The number of aliphatic hydroxyl groups is 2. The number of fused-ring (bicyclic) bond motifs is 1. The van der Waals surface area contributed by atoms with Crippen LogP contribution in [-0.4, -0.2) is 32.5 Å². The van der Waals surface area contributed by atoms with E-state index in [1.807, 2.05) is 12.1 Å². The molecule has 0 aliphatic heterocycles. The summed E-state index contributed by atoms with van der Waals surface area (Å²) in [6.45, 7) is -0.259. The van der Waals surface area contributed by atoms with Crippen LogP contribution < -0.4 is 5.69 Å². The minimum absolute atomic E-state index is 0.0966. The number of nitrogens with one attached hydrogen (secondary N) is 1. The van der Waals surface area contributed by atoms with Gasteiger partial charge in [0, 0.05) is 0 Å². The van der Waals surface area contributed by atoms with Gasteiger partial charge >= 0.3 is 5.69 Å². The van der Waals surface area contributed by atoms with E-state index in [1.54, 1.807) is 12.1 Å². The normalized spacial score (nSPS) is 13.2. The first-order valence-corrected chi connectivity index (χ1v) is 4.69. The van der Waals surface area contributed by atoms with Crippen LogP contribution in [0.1, 0.15) is 0 Å². The second kappa shape index (κ2) is 3.88. The van der Waals surface area contributed by atoms with Crippen molar-refractivity contribution in [1.82, 2.24) is 9.55 Å². The maximum absolute atomic E-state index is 11.5. The van der Waals surface area contributed by atoms with Crippen LogP contribution in [0.25, 0.3) is 11.0 Å². The lowest BCUT2D eigenvalue weighted by Gasteiger charge is -2.07. The zero-order valence-electron chi connectivity index (χ0n) is 8.05. The molecule has 1 atom stereocenters. The number of H-pyrrole nitrogens is 1. The highest BCUT2D eigenvalue weighted by atomic mass is 16.3. The molecule has 3 N–H and O–H groups in total. The molecular weight excluding hydrogens is 196 g/mol. The van der Waals surface area contributed by atoms with Gasteiger partial charge in [0.2, 0.25) is 0 Å². The van der Waals surface area contributed by atoms with Crippen molar-refractivity contribution >= 4 is 11.0 Å². The van der Waals surface area contributed by atoms with E-state index < -0.39 is 6.10 Å². The minimum Gasteiger partial charge on any atom is -0.394 e. The van der Waals surface area contributed by atoms with E-state index in [1.165, 1.54) is 4.57 Å². The highest BCUT2D eigenvalue weighted by Crippen LogP contribution is 2.09. The second-order valence-corrected chi connectivity index (χ2v) is 3.39. The standard InChI is InChI=1S/C10H12N2O3/c13-6-7(14)5-12-9-4-2-1-3-8(9)11-10(12)15/h1-4,7,13-14H,5-6H2,(H,11,15). The first kappa shape index (κ1) is 9.95. The molecule has 0 spiro atoms. The quantitative estimate of drug-likeness (QED) is 0.647. The maximum atomic E-state index is 11.5. The first-order chi connectivity index (χ1) is 7.22. The van der Waals surface area contributed by atoms with Crippen LogP contribution in [0.4, 0.5) is 0 Å². The van der Waals surface area contributed by atoms with Crippen molar-refractivity contribution in [2.24, 2.45) is 0 Å². The van der Waals surface area contributed by atoms with Gasteiger partial charge < -0.3 is 15.2 Å². The number of aliphatic hydroxyl groups excluding tert-OH is 2. The van der Waals surface area contributed by atoms with Crippen molar-refractivity contribution in [3.8, 4) is 0 Å². The van der Waals surface area contributed by atoms with Crippen LogP contribution in [0.3, 0.4) is 0 Å². The summed E-state index contributed by atoms with van der Waals surface area (Å²) in [6, 6.07) is 7.22. The smallest absolute Gasteiger partial charge is 0.326 e. The molecule has 5 nitrogen and oxygen atoms in total. The number of imidazole rings is 1. The summed E-state index contributed by atoms with van der Waals surface area (Å²) in [7, 11) is 0. The first-order valence-electron chi connectivity index (χ1n) is 4.69. The fraction of sp³-hybridized carbons (Fsp3) is 0.300. The highest BCUT2D eigenvalue weighted by molar-refractivity contribution is 5.74. The lowest BCUT2D eigenvalue weighted by atomic mass is 10.3. The third kappa shape index (κ3) is 1.79. The van der Waals surface area contributed by atoms with E-state index in [9.17, 15) is 9.90 Å². The Hall–Kier alpha value is -1.59. The molecule has 0 fully saturated rings. The van der Waals surface area contributed by atoms with E-state index in [0.717, 1.165) is 11.0 Å². The maximum Gasteiger partial charge on any atom is 0.326 e. The largest absolute Gasteiger partial charge is 0.394 e. The fourth-order valence-corrected chi connectivity index (χ4v) is 1.56. The van der Waals surface area contributed by atoms with Gasteiger partial charge in [0.15, 0.2) is 0 Å². The Morgan fingerprint density at radius 2 is 2.13 bits per heavy atom. The molecule has 0 amide bonds. The lowest BCUT2D eigenvalue weighted by molar-refractivity contribution is 0.0814. The molecule has 0 aliphatic rings. The van der Waals surface area contributed by atoms with Crippen molar-refractivity contribution < 1.29 is 10.2 Å². The second-order valence-electron chi connectivity index (χ2n) is 3.39. The van der Waals surface area contributed by atoms with Gasteiger partial charge in [0.05, 0.1) is 30.3 Å². The van der Waals surface area contributed by atoms with Gasteiger partial charge in [0.25, 0.3) is 0 Å². The Labute approximate surface area is 85.6 Å². The van der Waals surface area contributed by atoms with E-state index in [0.29, 0.717) is 0 Å². The van der Waals surface area contributed by atoms with Crippen LogP contribution in [0.15, 0.2) is 29.1 Å². The molecule has 1 unspecified atom stereocenters. The van der Waals surface area contributed by atoms with Crippen LogP contribution >= 0.6 is 0 Å². The van der Waals surface area contributed by atoms with Crippen LogP contribution in [0, 0.1) is 0 Å². The summed E-state index contributed by atoms with van der Waals surface area (Å²) in [5.74, 6) is 0. The predicted octanol–water partition coefficient (Wildman–Crippen LogP) is -0.317. The van der Waals surface area contributed by atoms with Gasteiger partial charge in [-0.2, -0.15) is 0 Å². The average Bonchev–Trinajstić information content (AvgIpc) is 2.55. The van der Waals surface area contributed by atoms with Crippen LogP contribution in [0.2, 0.25) is 0 Å². The third-order valence-corrected chi connectivity index (χ3v) is 2.29. The highest BCUT2D eigenvalue weighted by Gasteiger charge is 2.09. The van der Waals surface area contributed by atoms with Crippen molar-refractivity contribution in [3.05, 3.63) is 34.7 Å². The summed E-state index contributed by atoms with van der Waals surface area (Å²) in [5, 5.41) is 18.0. The van der Waals surface area contributed by atoms with Crippen molar-refractivity contribution in [1.29, 1.82) is 0 Å². The summed E-state index contributed by atoms with van der Waals surface area (Å²) >= 11 is 0. The SMILES string of the molecule is O=c1[nH]c2ccccc2n1CC(O)CO. The Morgan fingerprint density at radius 3 is 2.87 bits per heavy atom. The van der Waals surface area contributed by atoms with Gasteiger partial charge in [-0.1, -0.05) is 12.1 Å². The molecule has 1 aromatic heterocycles. The monoisotopic (exact) mass is 208 g/mol. The number of rotatable bonds is 3. The Morgan fingerprint density at radius 1 is 1.40 bits per heavy atom. The third-order valence-electron chi connectivity index (χ3n) is 2.29. The number of nitrogens with zero attached hydrogens (tertiary/aromatic N) is 1. The summed E-state index contributed by atoms with van der Waals surface area (Å²) in [5.41, 5.74) is 1.19. The van der Waals surface area contributed by atoms with Crippen molar-refractivity contribution in [3.63, 3.8) is 0 Å². The Balaban J connectivity index is 2.50. The summed E-state index contributed by atoms with van der Waals surface area (Å²) < 4.78 is 1.41. The molecule has 2 aromatic rings. The van der Waals surface area contributed by atoms with E-state index >= 15 is 0 Å². The molecule has 0 aliphatic carbocycles. The molecule has 1 aromatic carbocycles. The molecule has 15 heavy (non-hydrogen) atoms. The van der Waals surface area contributed by atoms with E-state index in [2.05, 4.69) is 4.98 Å². The van der Waals surface area contributed by atoms with E-state index in [-0.39, 0.29) is 18.8 Å². The Bertz CT molecular complexity index is 515. The molecule has 0 saturated carbocycles. The molecule has 0 radical (unpaired) electrons. The minimum atomic E-state index is -0.915. The zero-order chi connectivity index (χ0) is 10.8. The zero-order valence-corrected chi connectivity index (χ0v) is 8.05. The van der Waals surface area contributed by atoms with Crippen molar-refractivity contribution in [2.75, 3.05) is 6.61 Å². The number of hydrogen-bond acceptors (Lipinski definition) is 3. The van der Waals surface area contributed by atoms with Gasteiger partial charge in [-0.15, -0.1) is 0 Å². The average molecular weight is 208 g/mol. The predicted molar refractivity (Wildman–Crippen MR) is 55.7 cm³/mol. The number of aromatic nitrogens is 2. The topological polar surface area (TPSA) is 78.2 Å². The van der Waals surface area contributed by atoms with Crippen LogP contribution in [0.5, 0.6) is 0 Å². The van der Waals surface area contributed by atoms with Gasteiger partial charge in [-0.25, -0.2) is 4.79 Å². The van der Waals surface area contributed by atoms with Gasteiger partial charge in [-0.05, 0) is 12.1 Å². The molecular formula is C10H12N2O3. The number of benzene rings is 1. The van der Waals surface area contributed by atoms with E-state index in [4.69, 9.17) is 5.11 Å². The summed E-state index contributed by atoms with van der Waals surface area (Å²) in [6.07, 6.45) is -0.915. The molecule has 80 valence electrons. The Kier molecular flexibility index (Phi) is 2.57. The lowest BCUT2D eigenvalue weighted by Crippen LogP contribution is -2.26.